The molecule has 7 heteroatoms. The van der Waals surface area contributed by atoms with E-state index in [0.29, 0.717) is 24.8 Å². The van der Waals surface area contributed by atoms with Gasteiger partial charge in [-0.2, -0.15) is 0 Å². The lowest BCUT2D eigenvalue weighted by atomic mass is 9.94. The third kappa shape index (κ3) is 4.10. The zero-order valence-electron chi connectivity index (χ0n) is 13.7. The number of carboxylic acid groups (broad SMARTS) is 1. The maximum atomic E-state index is 12.4. The van der Waals surface area contributed by atoms with Gasteiger partial charge in [0.2, 0.25) is 0 Å². The van der Waals surface area contributed by atoms with Gasteiger partial charge >= 0.3 is 5.97 Å². The molecule has 0 spiro atoms. The van der Waals surface area contributed by atoms with Crippen LogP contribution >= 0.6 is 0 Å². The average Bonchev–Trinajstić information content (AvgIpc) is 2.79. The highest BCUT2D eigenvalue weighted by atomic mass is 16.6. The van der Waals surface area contributed by atoms with Gasteiger partial charge < -0.3 is 10.4 Å². The van der Waals surface area contributed by atoms with Crippen molar-refractivity contribution in [3.63, 3.8) is 0 Å². The highest BCUT2D eigenvalue weighted by Gasteiger charge is 2.31. The Bertz CT molecular complexity index is 644. The molecule has 1 saturated carbocycles. The van der Waals surface area contributed by atoms with E-state index in [4.69, 9.17) is 0 Å². The van der Waals surface area contributed by atoms with E-state index in [0.717, 1.165) is 19.3 Å². The van der Waals surface area contributed by atoms with Crippen LogP contribution in [-0.4, -0.2) is 27.9 Å². The summed E-state index contributed by atoms with van der Waals surface area (Å²) in [4.78, 5) is 34.5. The van der Waals surface area contributed by atoms with Gasteiger partial charge in [0.05, 0.1) is 10.8 Å². The first-order valence-corrected chi connectivity index (χ1v) is 8.25. The molecule has 130 valence electrons. The fourth-order valence-electron chi connectivity index (χ4n) is 3.20. The van der Waals surface area contributed by atoms with Gasteiger partial charge in [-0.25, -0.2) is 0 Å². The number of amides is 1. The summed E-state index contributed by atoms with van der Waals surface area (Å²) in [5.74, 6) is -1.98. The minimum absolute atomic E-state index is 0.0826. The Labute approximate surface area is 140 Å². The fraction of sp³-hybridized carbons (Fsp3) is 0.529. The summed E-state index contributed by atoms with van der Waals surface area (Å²) in [6.07, 6.45) is 4.30. The van der Waals surface area contributed by atoms with Crippen molar-refractivity contribution < 1.29 is 19.6 Å². The number of benzene rings is 1. The Morgan fingerprint density at radius 2 is 2.00 bits per heavy atom. The van der Waals surface area contributed by atoms with Crippen molar-refractivity contribution in [1.82, 2.24) is 5.32 Å². The van der Waals surface area contributed by atoms with Crippen LogP contribution in [0.1, 0.15) is 54.9 Å². The van der Waals surface area contributed by atoms with Gasteiger partial charge in [0.15, 0.2) is 0 Å². The molecule has 0 aliphatic heterocycles. The van der Waals surface area contributed by atoms with Crippen LogP contribution in [0.2, 0.25) is 0 Å². The van der Waals surface area contributed by atoms with E-state index in [1.807, 2.05) is 6.92 Å². The van der Waals surface area contributed by atoms with Gasteiger partial charge in [0.25, 0.3) is 11.6 Å². The van der Waals surface area contributed by atoms with Crippen molar-refractivity contribution in [3.05, 3.63) is 39.4 Å². The molecule has 2 rings (SSSR count). The van der Waals surface area contributed by atoms with Gasteiger partial charge in [0.1, 0.15) is 0 Å². The second-order valence-electron chi connectivity index (χ2n) is 6.12. The van der Waals surface area contributed by atoms with Crippen molar-refractivity contribution in [3.8, 4) is 0 Å². The third-order valence-corrected chi connectivity index (χ3v) is 4.57. The number of nitro benzene ring substituents is 1. The molecule has 1 aliphatic carbocycles. The van der Waals surface area contributed by atoms with Crippen LogP contribution < -0.4 is 5.32 Å². The average molecular weight is 334 g/mol. The lowest BCUT2D eigenvalue weighted by molar-refractivity contribution is -0.385. The van der Waals surface area contributed by atoms with Crippen LogP contribution in [0.25, 0.3) is 0 Å². The van der Waals surface area contributed by atoms with Gasteiger partial charge in [-0.3, -0.25) is 19.7 Å². The van der Waals surface area contributed by atoms with E-state index in [2.05, 4.69) is 5.32 Å². The number of nitrogens with zero attached hydrogens (tertiary/aromatic N) is 1. The minimum Gasteiger partial charge on any atom is -0.481 e. The van der Waals surface area contributed by atoms with E-state index in [1.54, 1.807) is 12.1 Å². The first-order valence-electron chi connectivity index (χ1n) is 8.25. The summed E-state index contributed by atoms with van der Waals surface area (Å²) in [5, 5.41) is 23.3. The third-order valence-electron chi connectivity index (χ3n) is 4.57. The zero-order valence-corrected chi connectivity index (χ0v) is 13.7. The number of hydrogen-bond donors (Lipinski definition) is 2. The number of rotatable bonds is 5. The Morgan fingerprint density at radius 1 is 1.29 bits per heavy atom. The topological polar surface area (TPSA) is 110 Å². The van der Waals surface area contributed by atoms with Crippen LogP contribution in [0.15, 0.2) is 18.2 Å². The van der Waals surface area contributed by atoms with Gasteiger partial charge in [-0.15, -0.1) is 0 Å². The number of aryl methyl sites for hydroxylation is 1. The highest BCUT2D eigenvalue weighted by molar-refractivity contribution is 5.95. The summed E-state index contributed by atoms with van der Waals surface area (Å²) in [6, 6.07) is 3.95. The number of nitro groups is 1. The van der Waals surface area contributed by atoms with Crippen LogP contribution in [0.4, 0.5) is 5.69 Å². The second-order valence-corrected chi connectivity index (χ2v) is 6.12. The Hall–Kier alpha value is -2.44. The van der Waals surface area contributed by atoms with Crippen LogP contribution in [-0.2, 0) is 11.2 Å². The smallest absolute Gasteiger partial charge is 0.308 e. The molecule has 1 amide bonds. The normalized spacial score (nSPS) is 20.9. The molecule has 0 bridgehead atoms. The maximum Gasteiger partial charge on any atom is 0.308 e. The van der Waals surface area contributed by atoms with E-state index in [-0.39, 0.29) is 11.3 Å². The van der Waals surface area contributed by atoms with Crippen LogP contribution in [0.3, 0.4) is 0 Å². The molecule has 0 aromatic heterocycles. The molecule has 0 saturated heterocycles. The molecule has 1 aromatic rings. The summed E-state index contributed by atoms with van der Waals surface area (Å²) < 4.78 is 0. The molecule has 7 nitrogen and oxygen atoms in total. The van der Waals surface area contributed by atoms with E-state index < -0.39 is 28.8 Å². The quantitative estimate of drug-likeness (QED) is 0.489. The molecule has 2 atom stereocenters. The first-order chi connectivity index (χ1) is 11.4. The molecule has 2 N–H and O–H groups in total. The summed E-state index contributed by atoms with van der Waals surface area (Å²) in [6.45, 7) is 1.81. The van der Waals surface area contributed by atoms with E-state index in [9.17, 15) is 24.8 Å². The molecular weight excluding hydrogens is 312 g/mol. The van der Waals surface area contributed by atoms with Crippen molar-refractivity contribution >= 4 is 17.6 Å². The molecular formula is C17H22N2O5. The predicted molar refractivity (Wildman–Crippen MR) is 87.9 cm³/mol. The van der Waals surface area contributed by atoms with Crippen LogP contribution in [0, 0.1) is 16.0 Å². The van der Waals surface area contributed by atoms with Crippen molar-refractivity contribution in [1.29, 1.82) is 0 Å². The van der Waals surface area contributed by atoms with Gasteiger partial charge in [-0.1, -0.05) is 32.3 Å². The predicted octanol–water partition coefficient (Wildman–Crippen LogP) is 2.92. The van der Waals surface area contributed by atoms with Gasteiger partial charge in [0, 0.05) is 23.2 Å². The largest absolute Gasteiger partial charge is 0.481 e. The molecule has 1 aliphatic rings. The van der Waals surface area contributed by atoms with Crippen molar-refractivity contribution in [2.45, 2.75) is 51.5 Å². The Kier molecular flexibility index (Phi) is 5.89. The minimum atomic E-state index is -0.908. The Balaban J connectivity index is 2.20. The summed E-state index contributed by atoms with van der Waals surface area (Å²) in [7, 11) is 0. The molecule has 24 heavy (non-hydrogen) atoms. The summed E-state index contributed by atoms with van der Waals surface area (Å²) in [5.41, 5.74) is 0.669. The van der Waals surface area contributed by atoms with E-state index >= 15 is 0 Å². The number of nitrogens with one attached hydrogen (secondary N) is 1. The van der Waals surface area contributed by atoms with E-state index in [1.165, 1.54) is 6.07 Å². The molecule has 0 heterocycles. The summed E-state index contributed by atoms with van der Waals surface area (Å²) >= 11 is 0. The lowest BCUT2D eigenvalue weighted by Gasteiger charge is -2.22. The molecule has 1 fully saturated rings. The van der Waals surface area contributed by atoms with Crippen molar-refractivity contribution in [2.75, 3.05) is 0 Å². The molecule has 0 unspecified atom stereocenters. The number of carbonyl (C=O) groups is 2. The second kappa shape index (κ2) is 7.90. The van der Waals surface area contributed by atoms with Crippen LogP contribution in [0.5, 0.6) is 0 Å². The molecule has 0 radical (unpaired) electrons. The zero-order chi connectivity index (χ0) is 17.7. The molecule has 1 aromatic carbocycles. The SMILES string of the molecule is CCc1ccc(C(=O)N[C@H]2CCCCC[C@H]2C(=O)O)cc1[N+](=O)[O-]. The fourth-order valence-corrected chi connectivity index (χ4v) is 3.20. The first kappa shape index (κ1) is 17.9. The number of hydrogen-bond acceptors (Lipinski definition) is 4. The van der Waals surface area contributed by atoms with Gasteiger partial charge in [-0.05, 0) is 25.3 Å². The Morgan fingerprint density at radius 3 is 2.62 bits per heavy atom. The van der Waals surface area contributed by atoms with Crippen molar-refractivity contribution in [2.24, 2.45) is 5.92 Å². The lowest BCUT2D eigenvalue weighted by Crippen LogP contribution is -2.42. The highest BCUT2D eigenvalue weighted by Crippen LogP contribution is 2.25. The number of carboxylic acids is 1. The maximum absolute atomic E-state index is 12.4. The number of carbonyl (C=O) groups excluding carboxylic acids is 1. The monoisotopic (exact) mass is 334 g/mol. The standard InChI is InChI=1S/C17H22N2O5/c1-2-11-8-9-12(10-15(11)19(23)24)16(20)18-14-7-5-3-4-6-13(14)17(21)22/h8-10,13-14H,2-7H2,1H3,(H,18,20)(H,21,22)/t13-,14+/m1/s1. The number of aliphatic carboxylic acids is 1.